The molecule has 0 spiro atoms. The van der Waals surface area contributed by atoms with E-state index >= 15 is 0 Å². The van der Waals surface area contributed by atoms with Gasteiger partial charge < -0.3 is 89.9 Å². The van der Waals surface area contributed by atoms with Gasteiger partial charge in [-0.05, 0) is 70.6 Å². The summed E-state index contributed by atoms with van der Waals surface area (Å²) in [4.78, 5) is 13.5. The Labute approximate surface area is 641 Å². The highest BCUT2D eigenvalue weighted by Crippen LogP contribution is 2.33. The standard InChI is InChI=1S/C87H155NO18/c1-3-5-7-9-11-13-15-17-19-21-23-25-27-29-30-31-32-33-34-35-36-37-38-39-40-41-43-45-47-49-51-53-55-57-59-61-63-65-75(93)88-70(71(92)64-62-60-58-56-54-52-50-48-46-44-42-28-26-24-22-20-18-16-14-12-10-8-6-4-2)69-101-85-81(99)78(96)83(73(67-90)103-85)106-87-82(100)79(97)84(74(68-91)104-87)105-86-80(98)77(95)76(94)72(66-89)102-86/h5,7,11,13,17,19,23,25,29-30,32-33,35-36,70-74,76-87,89-92,94-100H,3-4,6,8-10,12,14-16,18,20-22,24,26-28,31,34,37-69H2,1-2H3,(H,88,93)/b7-5-,13-11-,19-17-,25-23-,30-29-,33-32-,36-35-. The molecular formula is C87H155NO18. The first-order valence-electron chi connectivity index (χ1n) is 42.8. The van der Waals surface area contributed by atoms with Crippen molar-refractivity contribution in [2.24, 2.45) is 0 Å². The molecule has 12 N–H and O–H groups in total. The normalized spacial score (nSPS) is 26.1. The quantitative estimate of drug-likeness (QED) is 0.0199. The van der Waals surface area contributed by atoms with Crippen molar-refractivity contribution in [3.63, 3.8) is 0 Å². The molecule has 616 valence electrons. The zero-order chi connectivity index (χ0) is 76.7. The molecule has 3 aliphatic heterocycles. The van der Waals surface area contributed by atoms with Gasteiger partial charge in [-0.25, -0.2) is 0 Å². The van der Waals surface area contributed by atoms with Gasteiger partial charge in [0.25, 0.3) is 0 Å². The second-order valence-electron chi connectivity index (χ2n) is 30.3. The largest absolute Gasteiger partial charge is 0.394 e. The number of unbranched alkanes of at least 4 members (excludes halogenated alkanes) is 38. The van der Waals surface area contributed by atoms with Crippen LogP contribution < -0.4 is 5.32 Å². The summed E-state index contributed by atoms with van der Waals surface area (Å²) in [6.07, 6.45) is 62.4. The summed E-state index contributed by atoms with van der Waals surface area (Å²) in [5, 5.41) is 121. The lowest BCUT2D eigenvalue weighted by Gasteiger charge is -2.48. The molecule has 3 heterocycles. The zero-order valence-electron chi connectivity index (χ0n) is 66.2. The lowest BCUT2D eigenvalue weighted by molar-refractivity contribution is -0.379. The van der Waals surface area contributed by atoms with Crippen LogP contribution in [0, 0.1) is 0 Å². The molecule has 0 saturated carbocycles. The minimum Gasteiger partial charge on any atom is -0.394 e. The van der Waals surface area contributed by atoms with E-state index in [1.165, 1.54) is 199 Å². The first-order valence-corrected chi connectivity index (χ1v) is 42.8. The van der Waals surface area contributed by atoms with Crippen LogP contribution in [0.15, 0.2) is 85.1 Å². The van der Waals surface area contributed by atoms with Gasteiger partial charge in [0.1, 0.15) is 73.2 Å². The van der Waals surface area contributed by atoms with Gasteiger partial charge in [-0.3, -0.25) is 4.79 Å². The van der Waals surface area contributed by atoms with Crippen molar-refractivity contribution in [1.29, 1.82) is 0 Å². The minimum atomic E-state index is -1.98. The monoisotopic (exact) mass is 1500 g/mol. The van der Waals surface area contributed by atoms with Crippen LogP contribution in [-0.2, 0) is 33.2 Å². The van der Waals surface area contributed by atoms with E-state index in [2.05, 4.69) is 104 Å². The van der Waals surface area contributed by atoms with Crippen molar-refractivity contribution in [3.8, 4) is 0 Å². The van der Waals surface area contributed by atoms with E-state index in [4.69, 9.17) is 28.4 Å². The highest BCUT2D eigenvalue weighted by molar-refractivity contribution is 5.76. The van der Waals surface area contributed by atoms with Crippen molar-refractivity contribution in [2.75, 3.05) is 26.4 Å². The molecule has 3 aliphatic rings. The summed E-state index contributed by atoms with van der Waals surface area (Å²) in [5.41, 5.74) is 0. The second kappa shape index (κ2) is 66.6. The highest BCUT2D eigenvalue weighted by Gasteiger charge is 2.54. The van der Waals surface area contributed by atoms with Crippen molar-refractivity contribution >= 4 is 5.91 Å². The van der Waals surface area contributed by atoms with E-state index in [-0.39, 0.29) is 18.9 Å². The Kier molecular flexibility index (Phi) is 61.0. The SMILES string of the molecule is CC/C=C\C/C=C\C/C=C\C/C=C\C/C=C\C/C=C\C/C=C\CCCCCCCCCCCCCCCCCC(=O)NC(COC1OC(CO)C(OC2OC(CO)C(OC3OC(CO)C(O)C(O)C3O)C(O)C2O)C(O)C1O)C(O)CCCCCCCCCCCCCCCCCCCCCCCCCC. The minimum absolute atomic E-state index is 0.241. The molecule has 0 aromatic carbocycles. The van der Waals surface area contributed by atoms with Gasteiger partial charge in [0.05, 0.1) is 38.6 Å². The number of aliphatic hydroxyl groups excluding tert-OH is 11. The molecule has 0 aromatic rings. The third kappa shape index (κ3) is 45.5. The molecule has 3 rings (SSSR count). The lowest BCUT2D eigenvalue weighted by Crippen LogP contribution is -2.66. The van der Waals surface area contributed by atoms with Crippen LogP contribution >= 0.6 is 0 Å². The summed E-state index contributed by atoms with van der Waals surface area (Å²) in [7, 11) is 0. The Morgan fingerprint density at radius 2 is 0.651 bits per heavy atom. The maximum Gasteiger partial charge on any atom is 0.220 e. The molecule has 1 amide bonds. The first-order chi connectivity index (χ1) is 51.8. The molecule has 0 bridgehead atoms. The van der Waals surface area contributed by atoms with Gasteiger partial charge in [-0.1, -0.05) is 336 Å². The molecular weight excluding hydrogens is 1350 g/mol. The molecule has 0 aromatic heterocycles. The number of aliphatic hydroxyl groups is 11. The van der Waals surface area contributed by atoms with E-state index < -0.39 is 124 Å². The Morgan fingerprint density at radius 1 is 0.349 bits per heavy atom. The number of ether oxygens (including phenoxy) is 6. The van der Waals surface area contributed by atoms with Gasteiger partial charge in [0.2, 0.25) is 5.91 Å². The van der Waals surface area contributed by atoms with Crippen LogP contribution in [0.1, 0.15) is 328 Å². The van der Waals surface area contributed by atoms with E-state index in [1.54, 1.807) is 0 Å². The fraction of sp³-hybridized carbons (Fsp3) is 0.828. The van der Waals surface area contributed by atoms with Gasteiger partial charge >= 0.3 is 0 Å². The summed E-state index contributed by atoms with van der Waals surface area (Å²) in [5.74, 6) is -0.241. The third-order valence-electron chi connectivity index (χ3n) is 21.0. The number of allylic oxidation sites excluding steroid dienone is 14. The van der Waals surface area contributed by atoms with Crippen LogP contribution in [0.3, 0.4) is 0 Å². The van der Waals surface area contributed by atoms with E-state index in [0.29, 0.717) is 12.8 Å². The maximum atomic E-state index is 13.5. The first kappa shape index (κ1) is 97.2. The summed E-state index contributed by atoms with van der Waals surface area (Å²) in [6, 6.07) is -0.893. The molecule has 3 saturated heterocycles. The molecule has 0 aliphatic carbocycles. The Hall–Kier alpha value is -3.03. The molecule has 0 radical (unpaired) electrons. The summed E-state index contributed by atoms with van der Waals surface area (Å²) in [6.45, 7) is 1.73. The Balaban J connectivity index is 1.33. The fourth-order valence-corrected chi connectivity index (χ4v) is 14.2. The number of carbonyl (C=O) groups is 1. The fourth-order valence-electron chi connectivity index (χ4n) is 14.2. The number of nitrogens with one attached hydrogen (secondary N) is 1. The van der Waals surface area contributed by atoms with E-state index in [0.717, 1.165) is 96.3 Å². The van der Waals surface area contributed by atoms with Gasteiger partial charge in [-0.15, -0.1) is 0 Å². The van der Waals surface area contributed by atoms with Gasteiger partial charge in [-0.2, -0.15) is 0 Å². The predicted molar refractivity (Wildman–Crippen MR) is 424 cm³/mol. The van der Waals surface area contributed by atoms with Crippen LogP contribution in [0.2, 0.25) is 0 Å². The number of rotatable bonds is 68. The average Bonchev–Trinajstić information content (AvgIpc) is 0.780. The number of hydrogen-bond acceptors (Lipinski definition) is 18. The smallest absolute Gasteiger partial charge is 0.220 e. The van der Waals surface area contributed by atoms with Gasteiger partial charge in [0, 0.05) is 6.42 Å². The summed E-state index contributed by atoms with van der Waals surface area (Å²) >= 11 is 0. The average molecular weight is 1500 g/mol. The zero-order valence-corrected chi connectivity index (χ0v) is 66.2. The van der Waals surface area contributed by atoms with E-state index in [1.807, 2.05) is 0 Å². The number of hydrogen-bond donors (Lipinski definition) is 12. The lowest BCUT2D eigenvalue weighted by atomic mass is 9.96. The van der Waals surface area contributed by atoms with Crippen molar-refractivity contribution in [1.82, 2.24) is 5.32 Å². The van der Waals surface area contributed by atoms with E-state index in [9.17, 15) is 61.0 Å². The molecule has 106 heavy (non-hydrogen) atoms. The molecule has 19 heteroatoms. The molecule has 17 atom stereocenters. The van der Waals surface area contributed by atoms with Gasteiger partial charge in [0.15, 0.2) is 18.9 Å². The maximum absolute atomic E-state index is 13.5. The second-order valence-corrected chi connectivity index (χ2v) is 30.3. The number of carbonyl (C=O) groups excluding carboxylic acids is 1. The topological polar surface area (TPSA) is 307 Å². The van der Waals surface area contributed by atoms with Crippen LogP contribution in [-0.4, -0.2) is 193 Å². The Bertz CT molecular complexity index is 2240. The van der Waals surface area contributed by atoms with Crippen LogP contribution in [0.4, 0.5) is 0 Å². The molecule has 3 fully saturated rings. The highest BCUT2D eigenvalue weighted by atomic mass is 16.8. The number of amides is 1. The van der Waals surface area contributed by atoms with Crippen molar-refractivity contribution < 1.29 is 89.4 Å². The van der Waals surface area contributed by atoms with Crippen LogP contribution in [0.5, 0.6) is 0 Å². The van der Waals surface area contributed by atoms with Crippen LogP contribution in [0.25, 0.3) is 0 Å². The Morgan fingerprint density at radius 3 is 1.02 bits per heavy atom. The third-order valence-corrected chi connectivity index (χ3v) is 21.0. The molecule has 19 nitrogen and oxygen atoms in total. The molecule has 17 unspecified atom stereocenters. The predicted octanol–water partition coefficient (Wildman–Crippen LogP) is 15.3. The summed E-state index contributed by atoms with van der Waals surface area (Å²) < 4.78 is 34.6. The van der Waals surface area contributed by atoms with Crippen molar-refractivity contribution in [2.45, 2.75) is 433 Å². The van der Waals surface area contributed by atoms with Crippen molar-refractivity contribution in [3.05, 3.63) is 85.1 Å².